The maximum atomic E-state index is 14.9. The van der Waals surface area contributed by atoms with Crippen molar-refractivity contribution in [2.45, 2.75) is 50.9 Å². The number of hydrogen-bond acceptors (Lipinski definition) is 7. The number of benzene rings is 1. The third kappa shape index (κ3) is 3.82. The number of urea groups is 1. The van der Waals surface area contributed by atoms with Gasteiger partial charge in [-0.2, -0.15) is 18.4 Å². The molecule has 3 atom stereocenters. The van der Waals surface area contributed by atoms with Gasteiger partial charge in [-0.25, -0.2) is 19.2 Å². The van der Waals surface area contributed by atoms with Crippen molar-refractivity contribution in [2.24, 2.45) is 5.92 Å². The highest BCUT2D eigenvalue weighted by molar-refractivity contribution is 5.92. The molecule has 0 spiro atoms. The van der Waals surface area contributed by atoms with Crippen molar-refractivity contribution in [3.63, 3.8) is 0 Å². The van der Waals surface area contributed by atoms with Crippen LogP contribution in [0.15, 0.2) is 28.8 Å². The normalized spacial score (nSPS) is 23.1. The Morgan fingerprint density at radius 2 is 2.08 bits per heavy atom. The number of nitriles is 1. The number of alkyl halides is 3. The van der Waals surface area contributed by atoms with Crippen LogP contribution in [-0.4, -0.2) is 37.1 Å². The molecule has 0 radical (unpaired) electrons. The van der Waals surface area contributed by atoms with Gasteiger partial charge in [-0.15, -0.1) is 10.2 Å². The third-order valence-electron chi connectivity index (χ3n) is 6.57. The molecule has 1 aliphatic carbocycles. The standard InChI is InChI=1S/C23H19F4N7O2/c1-11-5-14-9-22(8-11,20-33-32-12(2)36-20)34(14)21(35)31-18-6-15(16(7-17(18)24)23(25,26)27)19-29-4-3-13(10-28)30-19/h3-4,6-7,11,14H,5,8-9H2,1-2H3,(H,31,35)/t11-,14-,22+/m0/s1. The quantitative estimate of drug-likeness (QED) is 0.512. The minimum Gasteiger partial charge on any atom is -0.423 e. The number of amides is 2. The van der Waals surface area contributed by atoms with E-state index in [0.29, 0.717) is 25.2 Å². The second kappa shape index (κ2) is 8.25. The lowest BCUT2D eigenvalue weighted by Crippen LogP contribution is -2.70. The number of carbonyl (C=O) groups excluding carboxylic acids is 1. The fourth-order valence-electron chi connectivity index (χ4n) is 5.25. The molecule has 1 saturated carbocycles. The highest BCUT2D eigenvalue weighted by atomic mass is 19.4. The zero-order chi connectivity index (χ0) is 25.8. The molecule has 2 aromatic heterocycles. The lowest BCUT2D eigenvalue weighted by atomic mass is 9.64. The van der Waals surface area contributed by atoms with E-state index in [-0.39, 0.29) is 29.6 Å². The molecule has 36 heavy (non-hydrogen) atoms. The summed E-state index contributed by atoms with van der Waals surface area (Å²) in [6.07, 6.45) is -1.97. The van der Waals surface area contributed by atoms with Gasteiger partial charge in [0, 0.05) is 31.1 Å². The van der Waals surface area contributed by atoms with Crippen LogP contribution in [-0.2, 0) is 11.7 Å². The Balaban J connectivity index is 1.52. The Kier molecular flexibility index (Phi) is 5.42. The fraction of sp³-hybridized carbons (Fsp3) is 0.391. The van der Waals surface area contributed by atoms with Crippen LogP contribution >= 0.6 is 0 Å². The largest absolute Gasteiger partial charge is 0.423 e. The number of aromatic nitrogens is 4. The van der Waals surface area contributed by atoms with Crippen LogP contribution in [0.3, 0.4) is 0 Å². The number of aryl methyl sites for hydroxylation is 1. The van der Waals surface area contributed by atoms with Gasteiger partial charge in [-0.1, -0.05) is 6.92 Å². The summed E-state index contributed by atoms with van der Waals surface area (Å²) in [5, 5.41) is 19.4. The van der Waals surface area contributed by atoms with Crippen LogP contribution in [0, 0.1) is 30.0 Å². The van der Waals surface area contributed by atoms with Crippen LogP contribution in [0.25, 0.3) is 11.4 Å². The van der Waals surface area contributed by atoms with Gasteiger partial charge in [0.1, 0.15) is 23.1 Å². The summed E-state index contributed by atoms with van der Waals surface area (Å²) in [5.74, 6) is -0.839. The van der Waals surface area contributed by atoms with E-state index in [2.05, 4.69) is 25.5 Å². The summed E-state index contributed by atoms with van der Waals surface area (Å²) in [4.78, 5) is 22.5. The number of hydrogen-bond donors (Lipinski definition) is 1. The lowest BCUT2D eigenvalue weighted by molar-refractivity contribution is -0.137. The first-order chi connectivity index (χ1) is 17.0. The molecule has 1 N–H and O–H groups in total. The van der Waals surface area contributed by atoms with Crippen molar-refractivity contribution < 1.29 is 26.8 Å². The van der Waals surface area contributed by atoms with Gasteiger partial charge in [0.05, 0.1) is 11.3 Å². The molecular weight excluding hydrogens is 482 g/mol. The third-order valence-corrected chi connectivity index (χ3v) is 6.57. The Labute approximate surface area is 202 Å². The predicted molar refractivity (Wildman–Crippen MR) is 116 cm³/mol. The average Bonchev–Trinajstić information content (AvgIpc) is 3.25. The smallest absolute Gasteiger partial charge is 0.417 e. The molecule has 1 aromatic carbocycles. The minimum atomic E-state index is -4.94. The number of nitrogens with one attached hydrogen (secondary N) is 1. The van der Waals surface area contributed by atoms with E-state index in [9.17, 15) is 22.4 Å². The van der Waals surface area contributed by atoms with Crippen LogP contribution in [0.5, 0.6) is 0 Å². The second-order valence-electron chi connectivity index (χ2n) is 9.11. The van der Waals surface area contributed by atoms with Crippen molar-refractivity contribution in [3.8, 4) is 17.5 Å². The molecule has 186 valence electrons. The van der Waals surface area contributed by atoms with Gasteiger partial charge in [-0.3, -0.25) is 0 Å². The van der Waals surface area contributed by atoms with Gasteiger partial charge in [0.25, 0.3) is 0 Å². The number of likely N-dealkylation sites (tertiary alicyclic amines) is 1. The first-order valence-electron chi connectivity index (χ1n) is 11.1. The number of anilines is 1. The second-order valence-corrected chi connectivity index (χ2v) is 9.11. The van der Waals surface area contributed by atoms with Crippen molar-refractivity contribution in [1.29, 1.82) is 5.26 Å². The molecule has 9 nitrogen and oxygen atoms in total. The summed E-state index contributed by atoms with van der Waals surface area (Å²) in [6.45, 7) is 3.67. The summed E-state index contributed by atoms with van der Waals surface area (Å²) < 4.78 is 61.6. The highest BCUT2D eigenvalue weighted by Gasteiger charge is 2.62. The fourth-order valence-corrected chi connectivity index (χ4v) is 5.25. The van der Waals surface area contributed by atoms with Gasteiger partial charge in [0.15, 0.2) is 5.82 Å². The lowest BCUT2D eigenvalue weighted by Gasteiger charge is -2.61. The van der Waals surface area contributed by atoms with Crippen molar-refractivity contribution in [1.82, 2.24) is 25.1 Å². The van der Waals surface area contributed by atoms with Gasteiger partial charge in [-0.05, 0) is 37.0 Å². The minimum absolute atomic E-state index is 0.164. The van der Waals surface area contributed by atoms with E-state index < -0.39 is 46.2 Å². The summed E-state index contributed by atoms with van der Waals surface area (Å²) in [5.41, 5.74) is -3.42. The number of piperidine rings is 1. The zero-order valence-corrected chi connectivity index (χ0v) is 19.1. The highest BCUT2D eigenvalue weighted by Crippen LogP contribution is 2.55. The van der Waals surface area contributed by atoms with Crippen molar-refractivity contribution in [3.05, 3.63) is 53.3 Å². The molecular formula is C23H19F4N7O2. The van der Waals surface area contributed by atoms with Gasteiger partial charge in [0.2, 0.25) is 11.8 Å². The van der Waals surface area contributed by atoms with E-state index >= 15 is 0 Å². The SMILES string of the molecule is Cc1nnc([C@@]23C[C@@H](C)C[C@@H](C2)N3C(=O)Nc2cc(-c3nccc(C#N)n3)c(C(F)(F)F)cc2F)o1. The van der Waals surface area contributed by atoms with Gasteiger partial charge < -0.3 is 14.6 Å². The van der Waals surface area contributed by atoms with Gasteiger partial charge >= 0.3 is 12.2 Å². The number of halogens is 4. The molecule has 0 unspecified atom stereocenters. The Hall–Kier alpha value is -4.08. The maximum absolute atomic E-state index is 14.9. The predicted octanol–water partition coefficient (Wildman–Crippen LogP) is 4.80. The Morgan fingerprint density at radius 1 is 1.31 bits per heavy atom. The van der Waals surface area contributed by atoms with E-state index in [1.165, 1.54) is 11.0 Å². The summed E-state index contributed by atoms with van der Waals surface area (Å²) >= 11 is 0. The molecule has 2 aliphatic rings. The van der Waals surface area contributed by atoms with Crippen molar-refractivity contribution >= 4 is 11.7 Å². The molecule has 2 fully saturated rings. The number of fused-ring (bicyclic) bond motifs is 2. The molecule has 1 aliphatic heterocycles. The molecule has 2 bridgehead atoms. The Morgan fingerprint density at radius 3 is 2.75 bits per heavy atom. The maximum Gasteiger partial charge on any atom is 0.417 e. The number of carbonyl (C=O) groups is 1. The van der Waals surface area contributed by atoms with E-state index in [0.717, 1.165) is 12.3 Å². The molecule has 5 rings (SSSR count). The topological polar surface area (TPSA) is 121 Å². The van der Waals surface area contributed by atoms with Crippen LogP contribution in [0.4, 0.5) is 28.0 Å². The molecule has 2 amide bonds. The molecule has 3 aromatic rings. The van der Waals surface area contributed by atoms with E-state index in [1.54, 1.807) is 13.0 Å². The van der Waals surface area contributed by atoms with Crippen molar-refractivity contribution in [2.75, 3.05) is 5.32 Å². The molecule has 13 heteroatoms. The van der Waals surface area contributed by atoms with Crippen LogP contribution in [0.2, 0.25) is 0 Å². The summed E-state index contributed by atoms with van der Waals surface area (Å²) in [7, 11) is 0. The monoisotopic (exact) mass is 501 g/mol. The number of nitrogens with zero attached hydrogens (tertiary/aromatic N) is 6. The number of rotatable bonds is 3. The van der Waals surface area contributed by atoms with Crippen LogP contribution < -0.4 is 5.32 Å². The molecule has 3 heterocycles. The molecule has 1 saturated heterocycles. The summed E-state index contributed by atoms with van der Waals surface area (Å²) in [6, 6.07) is 3.19. The van der Waals surface area contributed by atoms with E-state index in [4.69, 9.17) is 9.68 Å². The first-order valence-corrected chi connectivity index (χ1v) is 11.1. The Bertz CT molecular complexity index is 1400. The first kappa shape index (κ1) is 23.7. The van der Waals surface area contributed by atoms with E-state index in [1.807, 2.05) is 6.92 Å². The zero-order valence-electron chi connectivity index (χ0n) is 19.1. The average molecular weight is 501 g/mol. The van der Waals surface area contributed by atoms with Crippen LogP contribution in [0.1, 0.15) is 49.2 Å².